The summed E-state index contributed by atoms with van der Waals surface area (Å²) >= 11 is 0. The lowest BCUT2D eigenvalue weighted by Crippen LogP contribution is -2.37. The van der Waals surface area contributed by atoms with Gasteiger partial charge in [0.2, 0.25) is 0 Å². The highest BCUT2D eigenvalue weighted by Crippen LogP contribution is 2.43. The van der Waals surface area contributed by atoms with Crippen molar-refractivity contribution in [1.82, 2.24) is 0 Å². The Hall–Kier alpha value is -0.550. The van der Waals surface area contributed by atoms with Crippen LogP contribution in [-0.2, 0) is 0 Å². The van der Waals surface area contributed by atoms with Crippen molar-refractivity contribution in [3.8, 4) is 6.07 Å². The topological polar surface area (TPSA) is 44.0 Å². The summed E-state index contributed by atoms with van der Waals surface area (Å²) in [6, 6.07) is 2.44. The van der Waals surface area contributed by atoms with E-state index in [0.29, 0.717) is 0 Å². The Labute approximate surface area is 106 Å². The van der Waals surface area contributed by atoms with Gasteiger partial charge in [-0.1, -0.05) is 39.5 Å². The first-order chi connectivity index (χ1) is 8.18. The third-order valence-electron chi connectivity index (χ3n) is 4.52. The van der Waals surface area contributed by atoms with E-state index in [2.05, 4.69) is 19.9 Å². The molecule has 0 aromatic rings. The van der Waals surface area contributed by atoms with Gasteiger partial charge in [0.1, 0.15) is 0 Å². The molecular weight excluding hydrogens is 210 g/mol. The fourth-order valence-corrected chi connectivity index (χ4v) is 2.98. The van der Waals surface area contributed by atoms with Crippen molar-refractivity contribution >= 4 is 0 Å². The molecule has 1 saturated carbocycles. The Morgan fingerprint density at radius 2 is 1.94 bits per heavy atom. The lowest BCUT2D eigenvalue weighted by atomic mass is 9.67. The summed E-state index contributed by atoms with van der Waals surface area (Å²) in [6.45, 7) is 4.39. The second-order valence-electron chi connectivity index (χ2n) is 5.63. The van der Waals surface area contributed by atoms with Crippen LogP contribution in [0.2, 0.25) is 0 Å². The molecule has 0 amide bonds. The molecule has 0 aromatic carbocycles. The normalized spacial score (nSPS) is 30.8. The van der Waals surface area contributed by atoms with Crippen LogP contribution in [-0.4, -0.2) is 11.2 Å². The van der Waals surface area contributed by atoms with Gasteiger partial charge in [-0.25, -0.2) is 0 Å². The van der Waals surface area contributed by atoms with Gasteiger partial charge in [0.05, 0.1) is 17.6 Å². The van der Waals surface area contributed by atoms with Crippen molar-refractivity contribution in [2.75, 3.05) is 0 Å². The van der Waals surface area contributed by atoms with E-state index in [1.807, 2.05) is 0 Å². The number of nitriles is 1. The summed E-state index contributed by atoms with van der Waals surface area (Å²) in [7, 11) is 0. The molecule has 1 rings (SSSR count). The Kier molecular flexibility index (Phi) is 5.98. The van der Waals surface area contributed by atoms with Gasteiger partial charge in [-0.2, -0.15) is 5.26 Å². The quantitative estimate of drug-likeness (QED) is 0.709. The molecule has 2 heteroatoms. The number of unbranched alkanes of at least 4 members (excludes halogenated alkanes) is 2. The van der Waals surface area contributed by atoms with Crippen LogP contribution in [0.3, 0.4) is 0 Å². The van der Waals surface area contributed by atoms with Crippen molar-refractivity contribution in [3.05, 3.63) is 0 Å². The largest absolute Gasteiger partial charge is 0.391 e. The molecule has 2 nitrogen and oxygen atoms in total. The number of hydrogen-bond donors (Lipinski definition) is 1. The predicted molar refractivity (Wildman–Crippen MR) is 70.4 cm³/mol. The van der Waals surface area contributed by atoms with E-state index >= 15 is 0 Å². The Morgan fingerprint density at radius 3 is 2.41 bits per heavy atom. The predicted octanol–water partition coefficient (Wildman–Crippen LogP) is 4.04. The van der Waals surface area contributed by atoms with E-state index in [4.69, 9.17) is 0 Å². The Bertz CT molecular complexity index is 248. The molecule has 1 N–H and O–H groups in total. The molecule has 0 bridgehead atoms. The average Bonchev–Trinajstić information content (AvgIpc) is 2.39. The van der Waals surface area contributed by atoms with E-state index in [0.717, 1.165) is 50.9 Å². The maximum atomic E-state index is 10.3. The molecule has 0 heterocycles. The van der Waals surface area contributed by atoms with Crippen molar-refractivity contribution in [2.45, 2.75) is 77.7 Å². The third kappa shape index (κ3) is 3.71. The lowest BCUT2D eigenvalue weighted by molar-refractivity contribution is 0.0183. The minimum atomic E-state index is -0.431. The minimum absolute atomic E-state index is 0.406. The third-order valence-corrected chi connectivity index (χ3v) is 4.52. The van der Waals surface area contributed by atoms with E-state index < -0.39 is 11.5 Å². The zero-order valence-electron chi connectivity index (χ0n) is 11.4. The van der Waals surface area contributed by atoms with Crippen LogP contribution in [0.5, 0.6) is 0 Å². The number of hydrogen-bond acceptors (Lipinski definition) is 2. The second-order valence-corrected chi connectivity index (χ2v) is 5.63. The van der Waals surface area contributed by atoms with Gasteiger partial charge < -0.3 is 5.11 Å². The highest BCUT2D eigenvalue weighted by atomic mass is 16.3. The van der Waals surface area contributed by atoms with E-state index in [9.17, 15) is 10.4 Å². The number of rotatable bonds is 6. The second kappa shape index (κ2) is 7.01. The van der Waals surface area contributed by atoms with Crippen molar-refractivity contribution in [3.63, 3.8) is 0 Å². The summed E-state index contributed by atoms with van der Waals surface area (Å²) in [4.78, 5) is 0. The molecular formula is C15H27NO. The van der Waals surface area contributed by atoms with Crippen LogP contribution in [0.15, 0.2) is 0 Å². The average molecular weight is 237 g/mol. The zero-order valence-corrected chi connectivity index (χ0v) is 11.4. The Balaban J connectivity index is 2.49. The van der Waals surface area contributed by atoms with Gasteiger partial charge in [-0.3, -0.25) is 0 Å². The molecule has 1 unspecified atom stereocenters. The van der Waals surface area contributed by atoms with Crippen molar-refractivity contribution < 1.29 is 5.11 Å². The molecule has 1 aliphatic rings. The first-order valence-electron chi connectivity index (χ1n) is 7.27. The molecule has 0 aromatic heterocycles. The van der Waals surface area contributed by atoms with Crippen molar-refractivity contribution in [1.29, 1.82) is 5.26 Å². The van der Waals surface area contributed by atoms with Gasteiger partial charge in [-0.15, -0.1) is 0 Å². The molecule has 0 radical (unpaired) electrons. The Morgan fingerprint density at radius 1 is 1.29 bits per heavy atom. The molecule has 1 atom stereocenters. The summed E-state index contributed by atoms with van der Waals surface area (Å²) in [5.41, 5.74) is -0.431. The summed E-state index contributed by atoms with van der Waals surface area (Å²) < 4.78 is 0. The fraction of sp³-hybridized carbons (Fsp3) is 0.933. The first kappa shape index (κ1) is 14.5. The highest BCUT2D eigenvalue weighted by Gasteiger charge is 2.40. The number of aliphatic hydroxyl groups excluding tert-OH is 1. The first-order valence-corrected chi connectivity index (χ1v) is 7.27. The molecule has 0 aliphatic heterocycles. The smallest absolute Gasteiger partial charge is 0.0832 e. The molecule has 1 aliphatic carbocycles. The van der Waals surface area contributed by atoms with Crippen LogP contribution in [0, 0.1) is 22.7 Å². The number of nitrogens with zero attached hydrogens (tertiary/aromatic N) is 1. The van der Waals surface area contributed by atoms with Crippen LogP contribution in [0.4, 0.5) is 0 Å². The maximum Gasteiger partial charge on any atom is 0.0832 e. The van der Waals surface area contributed by atoms with E-state index in [1.165, 1.54) is 12.8 Å². The number of aliphatic hydroxyl groups is 1. The summed E-state index contributed by atoms with van der Waals surface area (Å²) in [5, 5.41) is 19.7. The van der Waals surface area contributed by atoms with E-state index in [1.54, 1.807) is 0 Å². The van der Waals surface area contributed by atoms with Crippen LogP contribution < -0.4 is 0 Å². The van der Waals surface area contributed by atoms with Gasteiger partial charge >= 0.3 is 0 Å². The SMILES string of the molecule is CCCCCC(O)C1(C#N)CCC(CC)CC1. The molecule has 17 heavy (non-hydrogen) atoms. The van der Waals surface area contributed by atoms with Crippen molar-refractivity contribution in [2.24, 2.45) is 11.3 Å². The van der Waals surface area contributed by atoms with Gasteiger partial charge in [0.25, 0.3) is 0 Å². The minimum Gasteiger partial charge on any atom is -0.391 e. The molecule has 0 saturated heterocycles. The van der Waals surface area contributed by atoms with Gasteiger partial charge in [0.15, 0.2) is 0 Å². The highest BCUT2D eigenvalue weighted by molar-refractivity contribution is 5.05. The summed E-state index contributed by atoms with van der Waals surface area (Å²) in [6.07, 6.45) is 9.04. The van der Waals surface area contributed by atoms with Crippen LogP contribution >= 0.6 is 0 Å². The molecule has 98 valence electrons. The van der Waals surface area contributed by atoms with Crippen LogP contribution in [0.25, 0.3) is 0 Å². The monoisotopic (exact) mass is 237 g/mol. The fourth-order valence-electron chi connectivity index (χ4n) is 2.98. The van der Waals surface area contributed by atoms with Gasteiger partial charge in [-0.05, 0) is 38.0 Å². The van der Waals surface area contributed by atoms with Crippen LogP contribution in [0.1, 0.15) is 71.6 Å². The van der Waals surface area contributed by atoms with Gasteiger partial charge in [0, 0.05) is 0 Å². The summed E-state index contributed by atoms with van der Waals surface area (Å²) in [5.74, 6) is 0.777. The maximum absolute atomic E-state index is 10.3. The lowest BCUT2D eigenvalue weighted by Gasteiger charge is -2.38. The molecule has 1 fully saturated rings. The standard InChI is InChI=1S/C15H27NO/c1-3-5-6-7-14(17)15(12-16)10-8-13(4-2)9-11-15/h13-14,17H,3-11H2,1-2H3. The molecule has 0 spiro atoms. The zero-order chi connectivity index (χ0) is 12.7. The van der Waals surface area contributed by atoms with E-state index in [-0.39, 0.29) is 0 Å².